The smallest absolute Gasteiger partial charge is 0.293 e. The van der Waals surface area contributed by atoms with Crippen molar-refractivity contribution in [3.8, 4) is 0 Å². The van der Waals surface area contributed by atoms with Gasteiger partial charge in [0.1, 0.15) is 0 Å². The molecule has 3 rings (SSSR count). The zero-order valence-corrected chi connectivity index (χ0v) is 12.8. The molecule has 3 aromatic rings. The Kier molecular flexibility index (Phi) is 3.92. The molecule has 1 aromatic heterocycles. The SMILES string of the molecule is CC(C)Cn1ccnc(Nc2ccc3ccccc3c2)c1=O. The van der Waals surface area contributed by atoms with Crippen LogP contribution in [0.4, 0.5) is 11.5 Å². The highest BCUT2D eigenvalue weighted by molar-refractivity contribution is 5.86. The lowest BCUT2D eigenvalue weighted by atomic mass is 10.1. The predicted octanol–water partition coefficient (Wildman–Crippen LogP) is 3.80. The van der Waals surface area contributed by atoms with E-state index in [0.29, 0.717) is 18.3 Å². The predicted molar refractivity (Wildman–Crippen MR) is 90.6 cm³/mol. The van der Waals surface area contributed by atoms with Gasteiger partial charge in [0.15, 0.2) is 5.82 Å². The van der Waals surface area contributed by atoms with E-state index >= 15 is 0 Å². The van der Waals surface area contributed by atoms with Crippen LogP contribution in [0.1, 0.15) is 13.8 Å². The number of nitrogens with zero attached hydrogens (tertiary/aromatic N) is 2. The van der Waals surface area contributed by atoms with Crippen molar-refractivity contribution in [3.63, 3.8) is 0 Å². The molecule has 0 fully saturated rings. The number of rotatable bonds is 4. The fourth-order valence-electron chi connectivity index (χ4n) is 2.47. The summed E-state index contributed by atoms with van der Waals surface area (Å²) in [6.45, 7) is 4.86. The van der Waals surface area contributed by atoms with Crippen LogP contribution in [-0.2, 0) is 6.54 Å². The third-order valence-electron chi connectivity index (χ3n) is 3.49. The first-order chi connectivity index (χ1) is 10.6. The highest BCUT2D eigenvalue weighted by atomic mass is 16.1. The van der Waals surface area contributed by atoms with E-state index in [9.17, 15) is 4.79 Å². The van der Waals surface area contributed by atoms with Crippen LogP contribution in [0.3, 0.4) is 0 Å². The summed E-state index contributed by atoms with van der Waals surface area (Å²) in [5, 5.41) is 5.44. The second-order valence-electron chi connectivity index (χ2n) is 5.81. The van der Waals surface area contributed by atoms with Crippen molar-refractivity contribution in [2.45, 2.75) is 20.4 Å². The van der Waals surface area contributed by atoms with Gasteiger partial charge in [-0.05, 0) is 28.8 Å². The third kappa shape index (κ3) is 3.01. The van der Waals surface area contributed by atoms with E-state index in [1.807, 2.05) is 30.3 Å². The Balaban J connectivity index is 1.93. The van der Waals surface area contributed by atoms with Crippen molar-refractivity contribution >= 4 is 22.3 Å². The van der Waals surface area contributed by atoms with E-state index in [-0.39, 0.29) is 5.56 Å². The Labute approximate surface area is 129 Å². The summed E-state index contributed by atoms with van der Waals surface area (Å²) < 4.78 is 1.70. The zero-order chi connectivity index (χ0) is 15.5. The monoisotopic (exact) mass is 293 g/mol. The normalized spacial score (nSPS) is 11.0. The van der Waals surface area contributed by atoms with Gasteiger partial charge < -0.3 is 9.88 Å². The van der Waals surface area contributed by atoms with Crippen LogP contribution >= 0.6 is 0 Å². The molecule has 0 atom stereocenters. The lowest BCUT2D eigenvalue weighted by molar-refractivity contribution is 0.510. The Morgan fingerprint density at radius 3 is 2.68 bits per heavy atom. The van der Waals surface area contributed by atoms with Gasteiger partial charge in [-0.25, -0.2) is 4.98 Å². The molecule has 0 radical (unpaired) electrons. The quantitative estimate of drug-likeness (QED) is 0.796. The van der Waals surface area contributed by atoms with E-state index in [1.54, 1.807) is 17.0 Å². The van der Waals surface area contributed by atoms with Crippen molar-refractivity contribution in [1.29, 1.82) is 0 Å². The number of anilines is 2. The van der Waals surface area contributed by atoms with Crippen molar-refractivity contribution < 1.29 is 0 Å². The van der Waals surface area contributed by atoms with Gasteiger partial charge in [-0.3, -0.25) is 4.79 Å². The topological polar surface area (TPSA) is 46.9 Å². The lowest BCUT2D eigenvalue weighted by Gasteiger charge is -2.11. The summed E-state index contributed by atoms with van der Waals surface area (Å²) in [5.74, 6) is 0.770. The van der Waals surface area contributed by atoms with Crippen LogP contribution in [0, 0.1) is 5.92 Å². The molecular weight excluding hydrogens is 274 g/mol. The molecule has 4 nitrogen and oxygen atoms in total. The molecule has 0 aliphatic rings. The van der Waals surface area contributed by atoms with Gasteiger partial charge >= 0.3 is 0 Å². The number of fused-ring (bicyclic) bond motifs is 1. The third-order valence-corrected chi connectivity index (χ3v) is 3.49. The van der Waals surface area contributed by atoms with Crippen LogP contribution < -0.4 is 10.9 Å². The van der Waals surface area contributed by atoms with Crippen LogP contribution in [-0.4, -0.2) is 9.55 Å². The molecule has 1 N–H and O–H groups in total. The summed E-state index contributed by atoms with van der Waals surface area (Å²) in [4.78, 5) is 16.6. The number of hydrogen-bond acceptors (Lipinski definition) is 3. The van der Waals surface area contributed by atoms with Crippen LogP contribution in [0.25, 0.3) is 10.8 Å². The minimum atomic E-state index is -0.0932. The van der Waals surface area contributed by atoms with Gasteiger partial charge in [-0.1, -0.05) is 44.2 Å². The van der Waals surface area contributed by atoms with Crippen LogP contribution in [0.2, 0.25) is 0 Å². The maximum atomic E-state index is 12.4. The summed E-state index contributed by atoms with van der Waals surface area (Å²) >= 11 is 0. The Morgan fingerprint density at radius 2 is 1.91 bits per heavy atom. The van der Waals surface area contributed by atoms with Crippen LogP contribution in [0.5, 0.6) is 0 Å². The number of nitrogens with one attached hydrogen (secondary N) is 1. The molecule has 0 unspecified atom stereocenters. The highest BCUT2D eigenvalue weighted by Crippen LogP contribution is 2.20. The van der Waals surface area contributed by atoms with E-state index in [4.69, 9.17) is 0 Å². The number of benzene rings is 2. The summed E-state index contributed by atoms with van der Waals surface area (Å²) in [7, 11) is 0. The molecule has 0 bridgehead atoms. The highest BCUT2D eigenvalue weighted by Gasteiger charge is 2.07. The van der Waals surface area contributed by atoms with E-state index in [1.165, 1.54) is 5.39 Å². The molecule has 0 aliphatic heterocycles. The second-order valence-corrected chi connectivity index (χ2v) is 5.81. The lowest BCUT2D eigenvalue weighted by Crippen LogP contribution is -2.24. The zero-order valence-electron chi connectivity index (χ0n) is 12.8. The molecule has 0 aliphatic carbocycles. The molecule has 2 aromatic carbocycles. The number of aromatic nitrogens is 2. The second kappa shape index (κ2) is 6.02. The standard InChI is InChI=1S/C18H19N3O/c1-13(2)12-21-10-9-19-17(18(21)22)20-16-8-7-14-5-3-4-6-15(14)11-16/h3-11,13H,12H2,1-2H3,(H,19,20). The molecule has 0 spiro atoms. The first-order valence-electron chi connectivity index (χ1n) is 7.45. The summed E-state index contributed by atoms with van der Waals surface area (Å²) in [6.07, 6.45) is 3.39. The minimum absolute atomic E-state index is 0.0932. The maximum Gasteiger partial charge on any atom is 0.293 e. The Hall–Kier alpha value is -2.62. The van der Waals surface area contributed by atoms with Crippen molar-refractivity contribution in [3.05, 3.63) is 65.2 Å². The molecule has 0 amide bonds. The van der Waals surface area contributed by atoms with Crippen molar-refractivity contribution in [2.75, 3.05) is 5.32 Å². The Morgan fingerprint density at radius 1 is 1.14 bits per heavy atom. The first kappa shape index (κ1) is 14.3. The van der Waals surface area contributed by atoms with Gasteiger partial charge in [0.05, 0.1) is 0 Å². The molecule has 0 saturated carbocycles. The summed E-state index contributed by atoms with van der Waals surface area (Å²) in [6, 6.07) is 14.2. The summed E-state index contributed by atoms with van der Waals surface area (Å²) in [5.41, 5.74) is 0.773. The molecule has 1 heterocycles. The van der Waals surface area contributed by atoms with E-state index in [2.05, 4.69) is 36.3 Å². The molecular formula is C18H19N3O. The van der Waals surface area contributed by atoms with Gasteiger partial charge in [0, 0.05) is 24.6 Å². The fraction of sp³-hybridized carbons (Fsp3) is 0.222. The molecule has 112 valence electrons. The van der Waals surface area contributed by atoms with E-state index < -0.39 is 0 Å². The average molecular weight is 293 g/mol. The first-order valence-corrected chi connectivity index (χ1v) is 7.45. The van der Waals surface area contributed by atoms with Gasteiger partial charge in [-0.2, -0.15) is 0 Å². The average Bonchev–Trinajstić information content (AvgIpc) is 2.51. The molecule has 4 heteroatoms. The fourth-order valence-corrected chi connectivity index (χ4v) is 2.47. The van der Waals surface area contributed by atoms with Gasteiger partial charge in [-0.15, -0.1) is 0 Å². The van der Waals surface area contributed by atoms with Gasteiger partial charge in [0.25, 0.3) is 5.56 Å². The van der Waals surface area contributed by atoms with Gasteiger partial charge in [0.2, 0.25) is 0 Å². The minimum Gasteiger partial charge on any atom is -0.336 e. The van der Waals surface area contributed by atoms with Crippen molar-refractivity contribution in [1.82, 2.24) is 9.55 Å². The van der Waals surface area contributed by atoms with Crippen LogP contribution in [0.15, 0.2) is 59.7 Å². The largest absolute Gasteiger partial charge is 0.336 e. The molecule has 0 saturated heterocycles. The van der Waals surface area contributed by atoms with Crippen molar-refractivity contribution in [2.24, 2.45) is 5.92 Å². The maximum absolute atomic E-state index is 12.4. The number of hydrogen-bond donors (Lipinski definition) is 1. The molecule has 22 heavy (non-hydrogen) atoms. The van der Waals surface area contributed by atoms with E-state index in [0.717, 1.165) is 11.1 Å². The Bertz CT molecular complexity index is 852.